The first kappa shape index (κ1) is 16.1. The van der Waals surface area contributed by atoms with Gasteiger partial charge in [0.05, 0.1) is 16.2 Å². The van der Waals surface area contributed by atoms with Gasteiger partial charge in [-0.05, 0) is 49.7 Å². The van der Waals surface area contributed by atoms with Gasteiger partial charge >= 0.3 is 6.09 Å². The number of anilines is 1. The Morgan fingerprint density at radius 1 is 1.52 bits per heavy atom. The van der Waals surface area contributed by atoms with Crippen LogP contribution >= 0.6 is 15.9 Å². The number of nitrogens with zero attached hydrogens (tertiary/aromatic N) is 3. The van der Waals surface area contributed by atoms with Crippen LogP contribution in [0.15, 0.2) is 22.9 Å². The molecule has 0 unspecified atom stereocenters. The van der Waals surface area contributed by atoms with Crippen molar-refractivity contribution in [2.45, 2.75) is 39.3 Å². The molecule has 1 saturated heterocycles. The molecule has 116 valence electrons. The van der Waals surface area contributed by atoms with Gasteiger partial charge in [0.25, 0.3) is 0 Å². The van der Waals surface area contributed by atoms with Gasteiger partial charge in [0.2, 0.25) is 0 Å². The molecule has 0 atom stereocenters. The van der Waals surface area contributed by atoms with Crippen LogP contribution in [-0.2, 0) is 4.74 Å². The summed E-state index contributed by atoms with van der Waals surface area (Å²) in [6.07, 6.45) is 3.33. The van der Waals surface area contributed by atoms with Crippen molar-refractivity contribution < 1.29 is 9.53 Å². The maximum atomic E-state index is 12.2. The van der Waals surface area contributed by atoms with Crippen LogP contribution < -0.4 is 4.90 Å². The number of aromatic nitrogens is 1. The summed E-state index contributed by atoms with van der Waals surface area (Å²) in [7, 11) is 0. The summed E-state index contributed by atoms with van der Waals surface area (Å²) in [5, 5.41) is 0. The molecule has 0 bridgehead atoms. The summed E-state index contributed by atoms with van der Waals surface area (Å²) in [5.74, 6) is 0. The fraction of sp³-hybridized carbons (Fsp3) is 0.600. The molecule has 1 amide bonds. The summed E-state index contributed by atoms with van der Waals surface area (Å²) in [4.78, 5) is 20.3. The molecular weight excluding hydrogens is 334 g/mol. The summed E-state index contributed by atoms with van der Waals surface area (Å²) < 4.78 is 6.44. The maximum absolute atomic E-state index is 12.2. The lowest BCUT2D eigenvalue weighted by Crippen LogP contribution is -2.61. The van der Waals surface area contributed by atoms with Crippen molar-refractivity contribution >= 4 is 27.7 Å². The largest absolute Gasteiger partial charge is 0.444 e. The van der Waals surface area contributed by atoms with Crippen molar-refractivity contribution in [2.24, 2.45) is 0 Å². The first-order valence-corrected chi connectivity index (χ1v) is 7.95. The van der Waals surface area contributed by atoms with E-state index in [9.17, 15) is 4.79 Å². The van der Waals surface area contributed by atoms with Crippen molar-refractivity contribution in [1.29, 1.82) is 0 Å². The molecule has 21 heavy (non-hydrogen) atoms. The van der Waals surface area contributed by atoms with Crippen LogP contribution in [0.2, 0.25) is 0 Å². The standard InChI is InChI=1S/C15H22BrN3O2/c1-5-19(14(20)21-15(2,3)4)11-9-18(10-11)13-6-7-17-8-12(13)16/h6-8,11H,5,9-10H2,1-4H3. The lowest BCUT2D eigenvalue weighted by molar-refractivity contribution is 0.0145. The van der Waals surface area contributed by atoms with E-state index >= 15 is 0 Å². The van der Waals surface area contributed by atoms with E-state index in [0.29, 0.717) is 6.54 Å². The van der Waals surface area contributed by atoms with Crippen molar-refractivity contribution in [2.75, 3.05) is 24.5 Å². The Morgan fingerprint density at radius 3 is 2.71 bits per heavy atom. The maximum Gasteiger partial charge on any atom is 0.410 e. The van der Waals surface area contributed by atoms with Crippen molar-refractivity contribution in [3.05, 3.63) is 22.9 Å². The van der Waals surface area contributed by atoms with Gasteiger partial charge in [0.1, 0.15) is 5.60 Å². The molecule has 1 aromatic rings. The molecule has 2 heterocycles. The van der Waals surface area contributed by atoms with Crippen LogP contribution in [0.25, 0.3) is 0 Å². The minimum absolute atomic E-state index is 0.199. The zero-order valence-electron chi connectivity index (χ0n) is 13.0. The summed E-state index contributed by atoms with van der Waals surface area (Å²) >= 11 is 3.50. The predicted octanol–water partition coefficient (Wildman–Crippen LogP) is 3.29. The lowest BCUT2D eigenvalue weighted by Gasteiger charge is -2.46. The van der Waals surface area contributed by atoms with E-state index in [4.69, 9.17) is 4.74 Å². The summed E-state index contributed by atoms with van der Waals surface area (Å²) in [6, 6.07) is 2.18. The predicted molar refractivity (Wildman–Crippen MR) is 86.6 cm³/mol. The molecular formula is C15H22BrN3O2. The van der Waals surface area contributed by atoms with Gasteiger partial charge in [-0.1, -0.05) is 0 Å². The first-order chi connectivity index (χ1) is 9.81. The van der Waals surface area contributed by atoms with E-state index in [1.165, 1.54) is 0 Å². The average Bonchev–Trinajstić information content (AvgIpc) is 2.32. The quantitative estimate of drug-likeness (QED) is 0.834. The second-order valence-electron chi connectivity index (χ2n) is 6.15. The second kappa shape index (κ2) is 6.22. The van der Waals surface area contributed by atoms with Gasteiger partial charge < -0.3 is 14.5 Å². The SMILES string of the molecule is CCN(C(=O)OC(C)(C)C)C1CN(c2ccncc2Br)C1. The molecule has 5 nitrogen and oxygen atoms in total. The van der Waals surface area contributed by atoms with Crippen LogP contribution in [0.5, 0.6) is 0 Å². The Bertz CT molecular complexity index is 510. The van der Waals surface area contributed by atoms with Gasteiger partial charge in [-0.25, -0.2) is 4.79 Å². The molecule has 0 aromatic carbocycles. The van der Waals surface area contributed by atoms with Gasteiger partial charge in [0, 0.05) is 32.0 Å². The highest BCUT2D eigenvalue weighted by Crippen LogP contribution is 2.30. The van der Waals surface area contributed by atoms with Gasteiger partial charge in [0.15, 0.2) is 0 Å². The molecule has 2 rings (SSSR count). The Labute approximate surface area is 134 Å². The summed E-state index contributed by atoms with van der Waals surface area (Å²) in [6.45, 7) is 9.94. The average molecular weight is 356 g/mol. The molecule has 6 heteroatoms. The van der Waals surface area contributed by atoms with E-state index < -0.39 is 5.60 Å². The monoisotopic (exact) mass is 355 g/mol. The zero-order valence-corrected chi connectivity index (χ0v) is 14.6. The Hall–Kier alpha value is -1.30. The molecule has 0 spiro atoms. The molecule has 1 aliphatic heterocycles. The number of carbonyl (C=O) groups excluding carboxylic acids is 1. The number of hydrogen-bond acceptors (Lipinski definition) is 4. The third-order valence-corrected chi connectivity index (χ3v) is 3.97. The number of carbonyl (C=O) groups is 1. The number of rotatable bonds is 3. The van der Waals surface area contributed by atoms with E-state index in [-0.39, 0.29) is 12.1 Å². The van der Waals surface area contributed by atoms with E-state index in [0.717, 1.165) is 23.2 Å². The molecule has 0 N–H and O–H groups in total. The van der Waals surface area contributed by atoms with Crippen LogP contribution in [0.3, 0.4) is 0 Å². The highest BCUT2D eigenvalue weighted by molar-refractivity contribution is 9.10. The second-order valence-corrected chi connectivity index (χ2v) is 7.01. The Kier molecular flexibility index (Phi) is 4.76. The van der Waals surface area contributed by atoms with Crippen LogP contribution in [0.4, 0.5) is 10.5 Å². The molecule has 0 saturated carbocycles. The normalized spacial score (nSPS) is 15.6. The first-order valence-electron chi connectivity index (χ1n) is 7.16. The third-order valence-electron chi connectivity index (χ3n) is 3.36. The zero-order chi connectivity index (χ0) is 15.6. The van der Waals surface area contributed by atoms with E-state index in [1.807, 2.05) is 33.8 Å². The molecule has 1 aliphatic rings. The molecule has 0 radical (unpaired) electrons. The van der Waals surface area contributed by atoms with Crippen molar-refractivity contribution in [3.63, 3.8) is 0 Å². The van der Waals surface area contributed by atoms with Crippen LogP contribution in [0, 0.1) is 0 Å². The van der Waals surface area contributed by atoms with Crippen LogP contribution in [-0.4, -0.2) is 47.3 Å². The van der Waals surface area contributed by atoms with E-state index in [1.54, 1.807) is 17.3 Å². The van der Waals surface area contributed by atoms with E-state index in [2.05, 4.69) is 25.8 Å². The fourth-order valence-corrected chi connectivity index (χ4v) is 2.83. The number of ether oxygens (including phenoxy) is 1. The molecule has 1 fully saturated rings. The van der Waals surface area contributed by atoms with Gasteiger partial charge in [-0.3, -0.25) is 4.98 Å². The van der Waals surface area contributed by atoms with Crippen LogP contribution in [0.1, 0.15) is 27.7 Å². The third kappa shape index (κ3) is 3.87. The topological polar surface area (TPSA) is 45.7 Å². The fourth-order valence-electron chi connectivity index (χ4n) is 2.33. The summed E-state index contributed by atoms with van der Waals surface area (Å²) in [5.41, 5.74) is 0.656. The number of amides is 1. The minimum Gasteiger partial charge on any atom is -0.444 e. The number of hydrogen-bond donors (Lipinski definition) is 0. The Balaban J connectivity index is 1.96. The van der Waals surface area contributed by atoms with Crippen molar-refractivity contribution in [3.8, 4) is 0 Å². The smallest absolute Gasteiger partial charge is 0.410 e. The van der Waals surface area contributed by atoms with Gasteiger partial charge in [-0.15, -0.1) is 0 Å². The van der Waals surface area contributed by atoms with Gasteiger partial charge in [-0.2, -0.15) is 0 Å². The Morgan fingerprint density at radius 2 is 2.19 bits per heavy atom. The molecule has 0 aliphatic carbocycles. The number of likely N-dealkylation sites (N-methyl/N-ethyl adjacent to an activating group) is 1. The molecule has 1 aromatic heterocycles. The van der Waals surface area contributed by atoms with Crippen molar-refractivity contribution in [1.82, 2.24) is 9.88 Å². The highest BCUT2D eigenvalue weighted by atomic mass is 79.9. The number of pyridine rings is 1. The minimum atomic E-state index is -0.456. The highest BCUT2D eigenvalue weighted by Gasteiger charge is 2.36. The lowest BCUT2D eigenvalue weighted by atomic mass is 10.1. The number of halogens is 1.